The van der Waals surface area contributed by atoms with Crippen LogP contribution >= 0.6 is 0 Å². The Morgan fingerprint density at radius 3 is 2.43 bits per heavy atom. The molecular weight excluding hydrogens is 172 g/mol. The Balaban J connectivity index is 2.65. The fraction of sp³-hybridized carbons (Fsp3) is 0.167. The van der Waals surface area contributed by atoms with Crippen LogP contribution in [-0.4, -0.2) is 0 Å². The van der Waals surface area contributed by atoms with Gasteiger partial charge in [0, 0.05) is 11.4 Å². The number of allylic oxidation sites excluding steroid dienone is 1. The molecule has 2 heteroatoms. The van der Waals surface area contributed by atoms with Gasteiger partial charge in [0.15, 0.2) is 0 Å². The van der Waals surface area contributed by atoms with E-state index in [0.717, 1.165) is 17.2 Å². The van der Waals surface area contributed by atoms with Crippen molar-refractivity contribution in [1.29, 1.82) is 0 Å². The number of nitrogens with one attached hydrogen (secondary N) is 2. The minimum atomic E-state index is 0.742. The van der Waals surface area contributed by atoms with Gasteiger partial charge in [0.05, 0.1) is 5.82 Å². The molecule has 2 nitrogen and oxygen atoms in total. The Bertz CT molecular complexity index is 353. The Kier molecular flexibility index (Phi) is 3.35. The second kappa shape index (κ2) is 4.51. The molecule has 0 spiro atoms. The average molecular weight is 188 g/mol. The van der Waals surface area contributed by atoms with Crippen molar-refractivity contribution in [3.05, 3.63) is 54.5 Å². The summed E-state index contributed by atoms with van der Waals surface area (Å²) in [5.41, 5.74) is 3.12. The van der Waals surface area contributed by atoms with Gasteiger partial charge >= 0.3 is 0 Å². The van der Waals surface area contributed by atoms with Gasteiger partial charge in [-0.15, -0.1) is 0 Å². The summed E-state index contributed by atoms with van der Waals surface area (Å²) >= 11 is 0. The average Bonchev–Trinajstić information content (AvgIpc) is 2.07. The van der Waals surface area contributed by atoms with Crippen molar-refractivity contribution in [3.63, 3.8) is 0 Å². The molecule has 0 unspecified atom stereocenters. The highest BCUT2D eigenvalue weighted by Crippen LogP contribution is 2.14. The van der Waals surface area contributed by atoms with Crippen LogP contribution in [0.2, 0.25) is 0 Å². The maximum atomic E-state index is 3.85. The number of benzene rings is 1. The molecule has 14 heavy (non-hydrogen) atoms. The fourth-order valence-corrected chi connectivity index (χ4v) is 1.16. The first-order chi connectivity index (χ1) is 6.59. The van der Waals surface area contributed by atoms with Crippen LogP contribution in [0.5, 0.6) is 0 Å². The molecule has 0 aliphatic heterocycles. The number of para-hydroxylation sites is 1. The Labute approximate surface area is 85.3 Å². The van der Waals surface area contributed by atoms with Crippen LogP contribution in [0.3, 0.4) is 0 Å². The molecule has 74 valence electrons. The molecule has 0 saturated heterocycles. The first kappa shape index (κ1) is 10.4. The summed E-state index contributed by atoms with van der Waals surface area (Å²) < 4.78 is 0. The van der Waals surface area contributed by atoms with Crippen molar-refractivity contribution in [2.45, 2.75) is 13.8 Å². The standard InChI is InChI=1S/C12H16N2/c1-9(2)13-11(4)14-12-8-6-5-7-10(12)3/h5-8,13-14H,1,4H2,2-3H3. The number of hydrogen-bond donors (Lipinski definition) is 2. The molecule has 0 radical (unpaired) electrons. The first-order valence-electron chi connectivity index (χ1n) is 4.53. The molecule has 0 bridgehead atoms. The zero-order chi connectivity index (χ0) is 10.6. The van der Waals surface area contributed by atoms with E-state index in [-0.39, 0.29) is 0 Å². The molecule has 0 aliphatic rings. The molecule has 1 aromatic rings. The normalized spacial score (nSPS) is 9.29. The summed E-state index contributed by atoms with van der Waals surface area (Å²) in [5.74, 6) is 0.742. The highest BCUT2D eigenvalue weighted by molar-refractivity contribution is 5.53. The minimum Gasteiger partial charge on any atom is -0.347 e. The van der Waals surface area contributed by atoms with Crippen molar-refractivity contribution in [1.82, 2.24) is 5.32 Å². The quantitative estimate of drug-likeness (QED) is 0.759. The third-order valence-electron chi connectivity index (χ3n) is 1.79. The lowest BCUT2D eigenvalue weighted by Gasteiger charge is -2.13. The zero-order valence-corrected chi connectivity index (χ0v) is 8.72. The van der Waals surface area contributed by atoms with Crippen LogP contribution in [0, 0.1) is 6.92 Å². The third kappa shape index (κ3) is 2.98. The summed E-state index contributed by atoms with van der Waals surface area (Å²) in [6.45, 7) is 11.5. The molecular formula is C12H16N2. The van der Waals surface area contributed by atoms with Gasteiger partial charge in [-0.2, -0.15) is 0 Å². The zero-order valence-electron chi connectivity index (χ0n) is 8.72. The van der Waals surface area contributed by atoms with Gasteiger partial charge in [-0.05, 0) is 25.5 Å². The van der Waals surface area contributed by atoms with E-state index in [2.05, 4.69) is 36.8 Å². The van der Waals surface area contributed by atoms with E-state index in [1.807, 2.05) is 25.1 Å². The van der Waals surface area contributed by atoms with Gasteiger partial charge in [-0.3, -0.25) is 0 Å². The lowest BCUT2D eigenvalue weighted by molar-refractivity contribution is 0.986. The SMILES string of the molecule is C=C(C)NC(=C)Nc1ccccc1C. The predicted octanol–water partition coefficient (Wildman–Crippen LogP) is 3.00. The van der Waals surface area contributed by atoms with Crippen molar-refractivity contribution in [3.8, 4) is 0 Å². The largest absolute Gasteiger partial charge is 0.347 e. The summed E-state index contributed by atoms with van der Waals surface area (Å²) in [6, 6.07) is 8.07. The van der Waals surface area contributed by atoms with E-state index < -0.39 is 0 Å². The van der Waals surface area contributed by atoms with Crippen molar-refractivity contribution in [2.75, 3.05) is 5.32 Å². The topological polar surface area (TPSA) is 24.1 Å². The Hall–Kier alpha value is -1.70. The van der Waals surface area contributed by atoms with Crippen LogP contribution in [0.25, 0.3) is 0 Å². The highest BCUT2D eigenvalue weighted by Gasteiger charge is 1.97. The molecule has 0 aromatic heterocycles. The first-order valence-corrected chi connectivity index (χ1v) is 4.53. The second-order valence-electron chi connectivity index (χ2n) is 3.32. The molecule has 1 aromatic carbocycles. The van der Waals surface area contributed by atoms with Crippen LogP contribution < -0.4 is 10.6 Å². The van der Waals surface area contributed by atoms with Crippen molar-refractivity contribution in [2.24, 2.45) is 0 Å². The van der Waals surface area contributed by atoms with Gasteiger partial charge in [0.2, 0.25) is 0 Å². The molecule has 0 aliphatic carbocycles. The van der Waals surface area contributed by atoms with Gasteiger partial charge in [-0.1, -0.05) is 31.4 Å². The predicted molar refractivity (Wildman–Crippen MR) is 61.9 cm³/mol. The number of hydrogen-bond acceptors (Lipinski definition) is 2. The minimum absolute atomic E-state index is 0.742. The van der Waals surface area contributed by atoms with E-state index in [4.69, 9.17) is 0 Å². The summed E-state index contributed by atoms with van der Waals surface area (Å²) in [5, 5.41) is 6.19. The van der Waals surface area contributed by atoms with Crippen LogP contribution in [0.1, 0.15) is 12.5 Å². The Morgan fingerprint density at radius 2 is 1.86 bits per heavy atom. The number of rotatable bonds is 4. The van der Waals surface area contributed by atoms with E-state index in [1.54, 1.807) is 0 Å². The van der Waals surface area contributed by atoms with E-state index >= 15 is 0 Å². The summed E-state index contributed by atoms with van der Waals surface area (Å²) in [6.07, 6.45) is 0. The number of aryl methyl sites for hydroxylation is 1. The molecule has 0 fully saturated rings. The monoisotopic (exact) mass is 188 g/mol. The number of anilines is 1. The smallest absolute Gasteiger partial charge is 0.0999 e. The molecule has 2 N–H and O–H groups in total. The van der Waals surface area contributed by atoms with Crippen molar-refractivity contribution < 1.29 is 0 Å². The van der Waals surface area contributed by atoms with Gasteiger partial charge in [-0.25, -0.2) is 0 Å². The van der Waals surface area contributed by atoms with Gasteiger partial charge in [0.1, 0.15) is 0 Å². The van der Waals surface area contributed by atoms with E-state index in [0.29, 0.717) is 0 Å². The van der Waals surface area contributed by atoms with E-state index in [9.17, 15) is 0 Å². The fourth-order valence-electron chi connectivity index (χ4n) is 1.16. The van der Waals surface area contributed by atoms with Gasteiger partial charge < -0.3 is 10.6 Å². The molecule has 0 amide bonds. The molecule has 0 heterocycles. The van der Waals surface area contributed by atoms with Gasteiger partial charge in [0.25, 0.3) is 0 Å². The Morgan fingerprint density at radius 1 is 1.21 bits per heavy atom. The lowest BCUT2D eigenvalue weighted by atomic mass is 10.2. The maximum Gasteiger partial charge on any atom is 0.0999 e. The summed E-state index contributed by atoms with van der Waals surface area (Å²) in [4.78, 5) is 0. The van der Waals surface area contributed by atoms with Crippen LogP contribution in [0.15, 0.2) is 48.9 Å². The molecule has 0 saturated carbocycles. The van der Waals surface area contributed by atoms with E-state index in [1.165, 1.54) is 5.56 Å². The molecule has 1 rings (SSSR count). The highest BCUT2D eigenvalue weighted by atomic mass is 15.1. The second-order valence-corrected chi connectivity index (χ2v) is 3.32. The maximum absolute atomic E-state index is 3.85. The summed E-state index contributed by atoms with van der Waals surface area (Å²) in [7, 11) is 0. The van der Waals surface area contributed by atoms with Crippen LogP contribution in [0.4, 0.5) is 5.69 Å². The molecule has 0 atom stereocenters. The third-order valence-corrected chi connectivity index (χ3v) is 1.79. The van der Waals surface area contributed by atoms with Crippen molar-refractivity contribution >= 4 is 5.69 Å². The van der Waals surface area contributed by atoms with Crippen LogP contribution in [-0.2, 0) is 0 Å². The lowest BCUT2D eigenvalue weighted by Crippen LogP contribution is -2.16.